The fourth-order valence-corrected chi connectivity index (χ4v) is 1.66. The van der Waals surface area contributed by atoms with Crippen molar-refractivity contribution in [1.29, 1.82) is 0 Å². The summed E-state index contributed by atoms with van der Waals surface area (Å²) in [6.45, 7) is 5.41. The lowest BCUT2D eigenvalue weighted by atomic mass is 9.86. The summed E-state index contributed by atoms with van der Waals surface area (Å²) in [5.41, 5.74) is 1.65. The molecule has 1 amide bonds. The van der Waals surface area contributed by atoms with Crippen LogP contribution in [0.4, 0.5) is 5.69 Å². The number of rotatable bonds is 5. The van der Waals surface area contributed by atoms with Crippen molar-refractivity contribution < 1.29 is 19.4 Å². The molecule has 0 unspecified atom stereocenters. The minimum Gasteiger partial charge on any atom is -0.480 e. The van der Waals surface area contributed by atoms with Crippen LogP contribution in [0.2, 0.25) is 0 Å². The third kappa shape index (κ3) is 5.09. The number of amides is 1. The predicted molar refractivity (Wildman–Crippen MR) is 72.2 cm³/mol. The van der Waals surface area contributed by atoms with Crippen molar-refractivity contribution in [1.82, 2.24) is 0 Å². The molecular weight excluding hydrogens is 246 g/mol. The molecule has 1 aromatic carbocycles. The lowest BCUT2D eigenvalue weighted by Gasteiger charge is -2.22. The Morgan fingerprint density at radius 1 is 1.21 bits per heavy atom. The first-order chi connectivity index (χ1) is 8.80. The summed E-state index contributed by atoms with van der Waals surface area (Å²) < 4.78 is 4.74. The number of benzene rings is 1. The van der Waals surface area contributed by atoms with Crippen molar-refractivity contribution in [3.63, 3.8) is 0 Å². The lowest BCUT2D eigenvalue weighted by Crippen LogP contribution is -2.23. The van der Waals surface area contributed by atoms with E-state index >= 15 is 0 Å². The highest BCUT2D eigenvalue weighted by Crippen LogP contribution is 2.29. The molecule has 2 N–H and O–H groups in total. The van der Waals surface area contributed by atoms with Gasteiger partial charge >= 0.3 is 5.97 Å². The zero-order chi connectivity index (χ0) is 14.5. The average Bonchev–Trinajstić information content (AvgIpc) is 2.27. The van der Waals surface area contributed by atoms with Crippen LogP contribution in [0.15, 0.2) is 24.3 Å². The molecule has 19 heavy (non-hydrogen) atoms. The lowest BCUT2D eigenvalue weighted by molar-refractivity contribution is -0.143. The van der Waals surface area contributed by atoms with Gasteiger partial charge in [0.1, 0.15) is 13.2 Å². The highest BCUT2D eigenvalue weighted by Gasteiger charge is 2.18. The van der Waals surface area contributed by atoms with E-state index in [9.17, 15) is 9.59 Å². The maximum Gasteiger partial charge on any atom is 0.329 e. The summed E-state index contributed by atoms with van der Waals surface area (Å²) in [4.78, 5) is 21.9. The number of hydrogen-bond acceptors (Lipinski definition) is 3. The Morgan fingerprint density at radius 2 is 1.84 bits per heavy atom. The molecule has 5 nitrogen and oxygen atoms in total. The molecule has 1 aromatic rings. The zero-order valence-corrected chi connectivity index (χ0v) is 11.4. The summed E-state index contributed by atoms with van der Waals surface area (Å²) in [5.74, 6) is -1.46. The summed E-state index contributed by atoms with van der Waals surface area (Å²) in [6, 6.07) is 7.52. The molecule has 0 atom stereocenters. The fraction of sp³-hybridized carbons (Fsp3) is 0.429. The SMILES string of the molecule is CC(C)(C)c1ccccc1NC(=O)COCC(=O)O. The van der Waals surface area contributed by atoms with Crippen LogP contribution in [-0.2, 0) is 19.7 Å². The van der Waals surface area contributed by atoms with Crippen molar-refractivity contribution in [2.24, 2.45) is 0 Å². The van der Waals surface area contributed by atoms with E-state index in [0.717, 1.165) is 11.3 Å². The number of para-hydroxylation sites is 1. The van der Waals surface area contributed by atoms with Crippen molar-refractivity contribution >= 4 is 17.6 Å². The van der Waals surface area contributed by atoms with Gasteiger partial charge in [0.2, 0.25) is 5.91 Å². The van der Waals surface area contributed by atoms with Crippen LogP contribution in [0.5, 0.6) is 0 Å². The van der Waals surface area contributed by atoms with E-state index in [1.165, 1.54) is 0 Å². The number of carboxylic acids is 1. The minimum absolute atomic E-state index is 0.0915. The van der Waals surface area contributed by atoms with E-state index in [0.29, 0.717) is 0 Å². The minimum atomic E-state index is -1.09. The predicted octanol–water partition coefficient (Wildman–Crippen LogP) is 2.02. The van der Waals surface area contributed by atoms with Crippen LogP contribution in [0.1, 0.15) is 26.3 Å². The number of carbonyl (C=O) groups excluding carboxylic acids is 1. The van der Waals surface area contributed by atoms with Gasteiger partial charge in [-0.2, -0.15) is 0 Å². The summed E-state index contributed by atoms with van der Waals surface area (Å²) in [6.07, 6.45) is 0. The Balaban J connectivity index is 2.67. The number of nitrogens with one attached hydrogen (secondary N) is 1. The normalized spacial score (nSPS) is 11.1. The molecule has 0 aliphatic rings. The second-order valence-corrected chi connectivity index (χ2v) is 5.23. The molecule has 0 heterocycles. The highest BCUT2D eigenvalue weighted by molar-refractivity contribution is 5.92. The Kier molecular flexibility index (Phi) is 5.06. The Labute approximate surface area is 112 Å². The maximum absolute atomic E-state index is 11.6. The Morgan fingerprint density at radius 3 is 2.42 bits per heavy atom. The molecule has 1 rings (SSSR count). The van der Waals surface area contributed by atoms with E-state index in [1.54, 1.807) is 0 Å². The van der Waals surface area contributed by atoms with Crippen molar-refractivity contribution in [3.8, 4) is 0 Å². The van der Waals surface area contributed by atoms with Gasteiger partial charge < -0.3 is 15.2 Å². The fourth-order valence-electron chi connectivity index (χ4n) is 1.66. The molecule has 0 spiro atoms. The first-order valence-electron chi connectivity index (χ1n) is 5.99. The van der Waals surface area contributed by atoms with Gasteiger partial charge in [0.25, 0.3) is 0 Å². The number of ether oxygens (including phenoxy) is 1. The summed E-state index contributed by atoms with van der Waals surface area (Å²) >= 11 is 0. The summed E-state index contributed by atoms with van der Waals surface area (Å²) in [5, 5.41) is 11.1. The number of carbonyl (C=O) groups is 2. The second kappa shape index (κ2) is 6.33. The van der Waals surface area contributed by atoms with Crippen molar-refractivity contribution in [2.45, 2.75) is 26.2 Å². The zero-order valence-electron chi connectivity index (χ0n) is 11.4. The molecule has 0 saturated carbocycles. The number of hydrogen-bond donors (Lipinski definition) is 2. The maximum atomic E-state index is 11.6. The standard InChI is InChI=1S/C14H19NO4/c1-14(2,3)10-6-4-5-7-11(10)15-12(16)8-19-9-13(17)18/h4-7H,8-9H2,1-3H3,(H,15,16)(H,17,18). The van der Waals surface area contributed by atoms with Gasteiger partial charge in [0, 0.05) is 5.69 Å². The van der Waals surface area contributed by atoms with Gasteiger partial charge in [-0.25, -0.2) is 4.79 Å². The Hall–Kier alpha value is -1.88. The highest BCUT2D eigenvalue weighted by atomic mass is 16.5. The largest absolute Gasteiger partial charge is 0.480 e. The molecular formula is C14H19NO4. The molecule has 0 aliphatic carbocycles. The third-order valence-corrected chi connectivity index (χ3v) is 2.47. The monoisotopic (exact) mass is 265 g/mol. The van der Waals surface area contributed by atoms with Crippen molar-refractivity contribution in [2.75, 3.05) is 18.5 Å². The molecule has 0 radical (unpaired) electrons. The first-order valence-corrected chi connectivity index (χ1v) is 5.99. The van der Waals surface area contributed by atoms with Crippen molar-refractivity contribution in [3.05, 3.63) is 29.8 Å². The van der Waals surface area contributed by atoms with Gasteiger partial charge in [-0.3, -0.25) is 4.79 Å². The molecule has 0 aromatic heterocycles. The number of carboxylic acid groups (broad SMARTS) is 1. The van der Waals surface area contributed by atoms with Gasteiger partial charge in [-0.05, 0) is 17.0 Å². The van der Waals surface area contributed by atoms with E-state index in [1.807, 2.05) is 24.3 Å². The van der Waals surface area contributed by atoms with Crippen LogP contribution >= 0.6 is 0 Å². The molecule has 0 saturated heterocycles. The Bertz CT molecular complexity index is 463. The third-order valence-electron chi connectivity index (χ3n) is 2.47. The van der Waals surface area contributed by atoms with Gasteiger partial charge in [-0.1, -0.05) is 39.0 Å². The second-order valence-electron chi connectivity index (χ2n) is 5.23. The van der Waals surface area contributed by atoms with E-state index < -0.39 is 12.6 Å². The molecule has 0 bridgehead atoms. The topological polar surface area (TPSA) is 75.6 Å². The molecule has 0 aliphatic heterocycles. The van der Waals surface area contributed by atoms with Gasteiger partial charge in [-0.15, -0.1) is 0 Å². The van der Waals surface area contributed by atoms with Crippen LogP contribution in [0, 0.1) is 0 Å². The van der Waals surface area contributed by atoms with E-state index in [-0.39, 0.29) is 17.9 Å². The molecule has 5 heteroatoms. The van der Waals surface area contributed by atoms with Crippen LogP contribution in [-0.4, -0.2) is 30.2 Å². The molecule has 0 fully saturated rings. The van der Waals surface area contributed by atoms with E-state index in [4.69, 9.17) is 9.84 Å². The van der Waals surface area contributed by atoms with Gasteiger partial charge in [0.05, 0.1) is 0 Å². The smallest absolute Gasteiger partial charge is 0.329 e. The average molecular weight is 265 g/mol. The van der Waals surface area contributed by atoms with E-state index in [2.05, 4.69) is 26.1 Å². The van der Waals surface area contributed by atoms with Crippen LogP contribution < -0.4 is 5.32 Å². The molecule has 104 valence electrons. The number of aliphatic carboxylic acids is 1. The quantitative estimate of drug-likeness (QED) is 0.854. The first kappa shape index (κ1) is 15.2. The van der Waals surface area contributed by atoms with Crippen LogP contribution in [0.3, 0.4) is 0 Å². The van der Waals surface area contributed by atoms with Gasteiger partial charge in [0.15, 0.2) is 0 Å². The van der Waals surface area contributed by atoms with Crippen LogP contribution in [0.25, 0.3) is 0 Å². The summed E-state index contributed by atoms with van der Waals surface area (Å²) in [7, 11) is 0. The number of anilines is 1.